The number of benzene rings is 1. The summed E-state index contributed by atoms with van der Waals surface area (Å²) in [6.45, 7) is 0.451. The zero-order valence-corrected chi connectivity index (χ0v) is 13.2. The molecule has 0 fully saturated rings. The molecule has 0 aliphatic heterocycles. The molecule has 1 heterocycles. The summed E-state index contributed by atoms with van der Waals surface area (Å²) in [7, 11) is 1.60. The monoisotopic (exact) mass is 312 g/mol. The minimum atomic E-state index is -0.296. The predicted molar refractivity (Wildman–Crippen MR) is 88.1 cm³/mol. The Morgan fingerprint density at radius 1 is 1.30 bits per heavy atom. The lowest BCUT2D eigenvalue weighted by atomic mass is 9.95. The molecular formula is C18H20N2O3. The van der Waals surface area contributed by atoms with Gasteiger partial charge in [0.05, 0.1) is 24.1 Å². The molecule has 120 valence electrons. The Labute approximate surface area is 134 Å². The van der Waals surface area contributed by atoms with Crippen molar-refractivity contribution in [3.05, 3.63) is 52.5 Å². The number of aryl methyl sites for hydroxylation is 1. The molecule has 0 saturated carbocycles. The first kappa shape index (κ1) is 15.5. The van der Waals surface area contributed by atoms with Crippen LogP contribution in [0.4, 0.5) is 0 Å². The summed E-state index contributed by atoms with van der Waals surface area (Å²) >= 11 is 0. The van der Waals surface area contributed by atoms with Gasteiger partial charge in [-0.25, -0.2) is 4.68 Å². The molecule has 0 spiro atoms. The van der Waals surface area contributed by atoms with Crippen LogP contribution in [-0.4, -0.2) is 22.4 Å². The Morgan fingerprint density at radius 2 is 2.09 bits per heavy atom. The third kappa shape index (κ3) is 3.50. The molecule has 1 aromatic carbocycles. The van der Waals surface area contributed by atoms with Gasteiger partial charge in [-0.3, -0.25) is 9.59 Å². The highest BCUT2D eigenvalue weighted by atomic mass is 16.5. The molecule has 1 aromatic heterocycles. The van der Waals surface area contributed by atoms with Crippen molar-refractivity contribution < 1.29 is 9.53 Å². The highest BCUT2D eigenvalue weighted by Crippen LogP contribution is 2.19. The molecule has 0 amide bonds. The van der Waals surface area contributed by atoms with Crippen molar-refractivity contribution in [1.29, 1.82) is 0 Å². The predicted octanol–water partition coefficient (Wildman–Crippen LogP) is 2.38. The molecule has 5 heteroatoms. The number of esters is 1. The molecule has 5 nitrogen and oxygen atoms in total. The first-order chi connectivity index (χ1) is 11.1. The molecule has 0 N–H and O–H groups in total. The van der Waals surface area contributed by atoms with E-state index in [2.05, 4.69) is 17.3 Å². The van der Waals surface area contributed by atoms with Gasteiger partial charge in [-0.05, 0) is 31.2 Å². The number of allylic oxidation sites excluding steroid dienone is 2. The summed E-state index contributed by atoms with van der Waals surface area (Å²) < 4.78 is 6.68. The molecule has 1 aliphatic carbocycles. The van der Waals surface area contributed by atoms with Crippen LogP contribution >= 0.6 is 0 Å². The van der Waals surface area contributed by atoms with Crippen molar-refractivity contribution in [3.8, 4) is 0 Å². The largest absolute Gasteiger partial charge is 0.465 e. The van der Waals surface area contributed by atoms with Gasteiger partial charge in [0.25, 0.3) is 5.56 Å². The quantitative estimate of drug-likeness (QED) is 0.642. The molecule has 3 rings (SSSR count). The highest BCUT2D eigenvalue weighted by Gasteiger charge is 2.16. The normalized spacial score (nSPS) is 17.3. The number of hydrogen-bond acceptors (Lipinski definition) is 4. The van der Waals surface area contributed by atoms with Crippen LogP contribution in [0.25, 0.3) is 10.8 Å². The van der Waals surface area contributed by atoms with E-state index in [1.165, 1.54) is 4.68 Å². The van der Waals surface area contributed by atoms with Gasteiger partial charge in [-0.2, -0.15) is 5.10 Å². The van der Waals surface area contributed by atoms with Crippen LogP contribution < -0.4 is 5.56 Å². The van der Waals surface area contributed by atoms with Crippen LogP contribution in [0, 0.1) is 5.92 Å². The van der Waals surface area contributed by atoms with Crippen LogP contribution in [0.2, 0.25) is 0 Å². The number of ether oxygens (including phenoxy) is 1. The fraction of sp³-hybridized carbons (Fsp3) is 0.389. The van der Waals surface area contributed by atoms with E-state index in [-0.39, 0.29) is 17.9 Å². The lowest BCUT2D eigenvalue weighted by molar-refractivity contribution is -0.144. The fourth-order valence-electron chi connectivity index (χ4n) is 2.91. The second kappa shape index (κ2) is 6.77. The van der Waals surface area contributed by atoms with E-state index in [0.717, 1.165) is 19.3 Å². The van der Waals surface area contributed by atoms with Gasteiger partial charge in [-0.1, -0.05) is 30.4 Å². The molecule has 2 aromatic rings. The van der Waals surface area contributed by atoms with Crippen molar-refractivity contribution in [1.82, 2.24) is 9.78 Å². The average Bonchev–Trinajstić information content (AvgIpc) is 2.58. The summed E-state index contributed by atoms with van der Waals surface area (Å²) in [5.74, 6) is 0.115. The zero-order chi connectivity index (χ0) is 16.2. The number of carbonyl (C=O) groups is 1. The Balaban J connectivity index is 1.73. The Kier molecular flexibility index (Phi) is 4.55. The number of rotatable bonds is 4. The summed E-state index contributed by atoms with van der Waals surface area (Å²) in [5.41, 5.74) is 0.419. The lowest BCUT2D eigenvalue weighted by Crippen LogP contribution is -2.23. The summed E-state index contributed by atoms with van der Waals surface area (Å²) in [6.07, 6.45) is 7.47. The van der Waals surface area contributed by atoms with Gasteiger partial charge in [0.1, 0.15) is 0 Å². The van der Waals surface area contributed by atoms with Gasteiger partial charge in [0.2, 0.25) is 0 Å². The maximum atomic E-state index is 12.1. The van der Waals surface area contributed by atoms with Crippen molar-refractivity contribution in [2.24, 2.45) is 13.0 Å². The number of nitrogens with zero attached hydrogens (tertiary/aromatic N) is 2. The van der Waals surface area contributed by atoms with E-state index in [4.69, 9.17) is 4.74 Å². The fourth-order valence-corrected chi connectivity index (χ4v) is 2.91. The highest BCUT2D eigenvalue weighted by molar-refractivity contribution is 5.86. The lowest BCUT2D eigenvalue weighted by Gasteiger charge is -2.17. The van der Waals surface area contributed by atoms with Crippen molar-refractivity contribution >= 4 is 16.7 Å². The standard InChI is InChI=1S/C18H20N2O3/c1-20-18(22)15-10-6-5-9-14(15)16(19-20)11-17(21)23-12-13-7-3-2-4-8-13/h2-3,5-6,9-10,13H,4,7-8,11-12H2,1H3/t13-/m1/s1. The number of hydrogen-bond donors (Lipinski definition) is 0. The maximum absolute atomic E-state index is 12.1. The minimum Gasteiger partial charge on any atom is -0.465 e. The number of fused-ring (bicyclic) bond motifs is 1. The van der Waals surface area contributed by atoms with Crippen LogP contribution in [0.1, 0.15) is 25.0 Å². The van der Waals surface area contributed by atoms with Crippen LogP contribution in [0.5, 0.6) is 0 Å². The molecule has 0 unspecified atom stereocenters. The number of carbonyl (C=O) groups excluding carboxylic acids is 1. The molecule has 0 saturated heterocycles. The Bertz CT molecular complexity index is 808. The van der Waals surface area contributed by atoms with Gasteiger partial charge < -0.3 is 4.74 Å². The van der Waals surface area contributed by atoms with E-state index in [9.17, 15) is 9.59 Å². The van der Waals surface area contributed by atoms with E-state index in [0.29, 0.717) is 29.0 Å². The van der Waals surface area contributed by atoms with Crippen molar-refractivity contribution in [2.75, 3.05) is 6.61 Å². The topological polar surface area (TPSA) is 61.2 Å². The van der Waals surface area contributed by atoms with Crippen molar-refractivity contribution in [2.45, 2.75) is 25.7 Å². The first-order valence-electron chi connectivity index (χ1n) is 7.90. The SMILES string of the molecule is Cn1nc(CC(=O)OC[C@@H]2CC=CCC2)c2ccccc2c1=O. The molecule has 0 radical (unpaired) electrons. The molecule has 1 aliphatic rings. The van der Waals surface area contributed by atoms with Gasteiger partial charge in [0, 0.05) is 12.4 Å². The molecule has 1 atom stereocenters. The van der Waals surface area contributed by atoms with E-state index in [1.807, 2.05) is 18.2 Å². The summed E-state index contributed by atoms with van der Waals surface area (Å²) in [4.78, 5) is 24.2. The Morgan fingerprint density at radius 3 is 2.83 bits per heavy atom. The van der Waals surface area contributed by atoms with E-state index < -0.39 is 0 Å². The van der Waals surface area contributed by atoms with E-state index in [1.54, 1.807) is 13.1 Å². The van der Waals surface area contributed by atoms with Gasteiger partial charge in [0.15, 0.2) is 0 Å². The second-order valence-electron chi connectivity index (χ2n) is 5.93. The minimum absolute atomic E-state index is 0.0805. The summed E-state index contributed by atoms with van der Waals surface area (Å²) in [6, 6.07) is 7.22. The third-order valence-electron chi connectivity index (χ3n) is 4.20. The summed E-state index contributed by atoms with van der Waals surface area (Å²) in [5, 5.41) is 5.52. The maximum Gasteiger partial charge on any atom is 0.311 e. The first-order valence-corrected chi connectivity index (χ1v) is 7.90. The zero-order valence-electron chi connectivity index (χ0n) is 13.2. The second-order valence-corrected chi connectivity index (χ2v) is 5.93. The molecule has 23 heavy (non-hydrogen) atoms. The van der Waals surface area contributed by atoms with Gasteiger partial charge in [-0.15, -0.1) is 0 Å². The van der Waals surface area contributed by atoms with Crippen LogP contribution in [0.3, 0.4) is 0 Å². The van der Waals surface area contributed by atoms with Crippen LogP contribution in [-0.2, 0) is 23.0 Å². The smallest absolute Gasteiger partial charge is 0.311 e. The molecule has 0 bridgehead atoms. The van der Waals surface area contributed by atoms with E-state index >= 15 is 0 Å². The third-order valence-corrected chi connectivity index (χ3v) is 4.20. The van der Waals surface area contributed by atoms with Gasteiger partial charge >= 0.3 is 5.97 Å². The average molecular weight is 312 g/mol. The van der Waals surface area contributed by atoms with Crippen molar-refractivity contribution in [3.63, 3.8) is 0 Å². The van der Waals surface area contributed by atoms with Crippen LogP contribution in [0.15, 0.2) is 41.2 Å². The Hall–Kier alpha value is -2.43. The number of aromatic nitrogens is 2. The molecular weight excluding hydrogens is 292 g/mol.